The number of unbranched alkanes of at least 4 members (excludes halogenated alkanes) is 1. The topological polar surface area (TPSA) is 75.5 Å². The molecule has 3 aromatic rings. The summed E-state index contributed by atoms with van der Waals surface area (Å²) in [5.41, 5.74) is 1.05. The van der Waals surface area contributed by atoms with E-state index in [9.17, 15) is 18.0 Å². The molecule has 1 aliphatic carbocycles. The van der Waals surface area contributed by atoms with Gasteiger partial charge < -0.3 is 18.8 Å². The molecule has 240 valence electrons. The van der Waals surface area contributed by atoms with Crippen LogP contribution in [0.2, 0.25) is 25.7 Å². The Morgan fingerprint density at radius 3 is 2.45 bits per heavy atom. The van der Waals surface area contributed by atoms with Crippen molar-refractivity contribution in [2.75, 3.05) is 13.2 Å². The van der Waals surface area contributed by atoms with Crippen molar-refractivity contribution in [3.63, 3.8) is 0 Å². The molecule has 2 heterocycles. The molecular weight excluding hydrogens is 587 g/mol. The third-order valence-electron chi connectivity index (χ3n) is 7.72. The molecule has 0 unspecified atom stereocenters. The molecule has 2 atom stereocenters. The van der Waals surface area contributed by atoms with Crippen LogP contribution in [0.15, 0.2) is 48.8 Å². The van der Waals surface area contributed by atoms with E-state index in [2.05, 4.69) is 36.5 Å². The van der Waals surface area contributed by atoms with Crippen LogP contribution in [0, 0.1) is 5.92 Å². The lowest BCUT2D eigenvalue weighted by atomic mass is 9.85. The molecule has 0 saturated heterocycles. The number of aromatic nitrogens is 3. The fourth-order valence-corrected chi connectivity index (χ4v) is 5.93. The van der Waals surface area contributed by atoms with Gasteiger partial charge in [0.15, 0.2) is 5.69 Å². The summed E-state index contributed by atoms with van der Waals surface area (Å²) in [6.45, 7) is 9.69. The lowest BCUT2D eigenvalue weighted by Crippen LogP contribution is -2.27. The largest absolute Gasteiger partial charge is 0.490 e. The average molecular weight is 632 g/mol. The molecule has 1 aliphatic rings. The monoisotopic (exact) mass is 631 g/mol. The van der Waals surface area contributed by atoms with E-state index >= 15 is 0 Å². The predicted octanol–water partition coefficient (Wildman–Crippen LogP) is 8.61. The Balaban J connectivity index is 1.37. The third-order valence-corrected chi connectivity index (χ3v) is 9.42. The first kappa shape index (κ1) is 33.7. The van der Waals surface area contributed by atoms with E-state index in [0.29, 0.717) is 30.9 Å². The molecule has 44 heavy (non-hydrogen) atoms. The number of ether oxygens (including phenoxy) is 3. The first-order valence-electron chi connectivity index (χ1n) is 15.5. The van der Waals surface area contributed by atoms with Gasteiger partial charge in [-0.25, -0.2) is 4.98 Å². The van der Waals surface area contributed by atoms with Crippen LogP contribution in [0.4, 0.5) is 13.2 Å². The van der Waals surface area contributed by atoms with E-state index in [1.165, 1.54) is 10.8 Å². The highest BCUT2D eigenvalue weighted by Crippen LogP contribution is 2.33. The first-order chi connectivity index (χ1) is 20.9. The summed E-state index contributed by atoms with van der Waals surface area (Å²) in [7, 11) is -1.33. The van der Waals surface area contributed by atoms with Gasteiger partial charge in [0.25, 0.3) is 0 Å². The molecule has 11 heteroatoms. The standard InChI is InChI=1S/C33H44F3N3O4Si/c1-5-6-16-42-31(40)20-24-8-7-9-28(19-24)43-27-13-10-25(11-14-27)29-15-12-26(21-37-29)32-38-30(33(34,35)36)22-39(32)23-41-17-18-44(2,3)4/h10-15,21-22,24,28H,5-9,16-20,23H2,1-4H3/t24-,28+/m0/s1. The van der Waals surface area contributed by atoms with Gasteiger partial charge in [-0.05, 0) is 80.5 Å². The highest BCUT2D eigenvalue weighted by atomic mass is 28.3. The number of nitrogens with zero attached hydrogens (tertiary/aromatic N) is 3. The molecular formula is C33H44F3N3O4Si. The SMILES string of the molecule is CCCCOC(=O)C[C@H]1CCC[C@@H](Oc2ccc(-c3ccc(-c4nc(C(F)(F)F)cn4COCC[Si](C)(C)C)cn3)cc2)C1. The van der Waals surface area contributed by atoms with Gasteiger partial charge in [0.1, 0.15) is 18.3 Å². The molecule has 1 aromatic carbocycles. The van der Waals surface area contributed by atoms with E-state index in [1.54, 1.807) is 12.1 Å². The van der Waals surface area contributed by atoms with Gasteiger partial charge in [-0.2, -0.15) is 13.2 Å². The van der Waals surface area contributed by atoms with Crippen LogP contribution in [0.3, 0.4) is 0 Å². The van der Waals surface area contributed by atoms with Crippen LogP contribution >= 0.6 is 0 Å². The minimum atomic E-state index is -4.56. The van der Waals surface area contributed by atoms with Gasteiger partial charge in [-0.3, -0.25) is 9.78 Å². The van der Waals surface area contributed by atoms with Gasteiger partial charge in [-0.15, -0.1) is 0 Å². The number of benzene rings is 1. The summed E-state index contributed by atoms with van der Waals surface area (Å²) < 4.78 is 59.1. The molecule has 2 aromatic heterocycles. The number of carbonyl (C=O) groups is 1. The number of esters is 1. The van der Waals surface area contributed by atoms with Crippen LogP contribution in [-0.2, 0) is 27.2 Å². The van der Waals surface area contributed by atoms with Crippen molar-refractivity contribution in [2.24, 2.45) is 5.92 Å². The number of pyridine rings is 1. The minimum absolute atomic E-state index is 0.0170. The van der Waals surface area contributed by atoms with Crippen LogP contribution in [0.25, 0.3) is 22.6 Å². The summed E-state index contributed by atoms with van der Waals surface area (Å²) in [4.78, 5) is 20.5. The minimum Gasteiger partial charge on any atom is -0.490 e. The highest BCUT2D eigenvalue weighted by Gasteiger charge is 2.35. The number of rotatable bonds is 14. The molecule has 4 rings (SSSR count). The zero-order valence-corrected chi connectivity index (χ0v) is 27.2. The normalized spacial score (nSPS) is 17.4. The van der Waals surface area contributed by atoms with Crippen molar-refractivity contribution >= 4 is 14.0 Å². The van der Waals surface area contributed by atoms with Crippen molar-refractivity contribution < 1.29 is 32.2 Å². The fraction of sp³-hybridized carbons (Fsp3) is 0.545. The molecule has 0 radical (unpaired) electrons. The molecule has 0 N–H and O–H groups in total. The zero-order chi connectivity index (χ0) is 31.7. The average Bonchev–Trinajstić information content (AvgIpc) is 3.41. The van der Waals surface area contributed by atoms with Gasteiger partial charge in [-0.1, -0.05) is 33.0 Å². The van der Waals surface area contributed by atoms with Gasteiger partial charge in [0, 0.05) is 44.6 Å². The summed E-state index contributed by atoms with van der Waals surface area (Å²) in [6.07, 6.45) is 4.13. The number of hydrogen-bond acceptors (Lipinski definition) is 6. The molecule has 1 fully saturated rings. The Kier molecular flexibility index (Phi) is 11.6. The van der Waals surface area contributed by atoms with Gasteiger partial charge in [0.2, 0.25) is 0 Å². The van der Waals surface area contributed by atoms with Crippen molar-refractivity contribution in [2.45, 2.75) is 96.6 Å². The van der Waals surface area contributed by atoms with Crippen LogP contribution < -0.4 is 4.74 Å². The second kappa shape index (κ2) is 15.2. The van der Waals surface area contributed by atoms with Crippen LogP contribution in [-0.4, -0.2) is 47.9 Å². The summed E-state index contributed by atoms with van der Waals surface area (Å²) in [5, 5.41) is 0. The van der Waals surface area contributed by atoms with E-state index in [0.717, 1.165) is 62.1 Å². The second-order valence-electron chi connectivity index (χ2n) is 12.8. The Labute approximate surface area is 259 Å². The van der Waals surface area contributed by atoms with E-state index in [1.807, 2.05) is 24.3 Å². The summed E-state index contributed by atoms with van der Waals surface area (Å²) >= 11 is 0. The number of halogens is 3. The molecule has 0 amide bonds. The molecule has 0 aliphatic heterocycles. The number of imidazole rings is 1. The summed E-state index contributed by atoms with van der Waals surface area (Å²) in [5.74, 6) is 1.05. The van der Waals surface area contributed by atoms with E-state index < -0.39 is 19.9 Å². The van der Waals surface area contributed by atoms with Crippen molar-refractivity contribution in [3.05, 3.63) is 54.5 Å². The molecule has 0 bridgehead atoms. The van der Waals surface area contributed by atoms with Crippen molar-refractivity contribution in [1.29, 1.82) is 0 Å². The lowest BCUT2D eigenvalue weighted by Gasteiger charge is -2.29. The number of hydrogen-bond donors (Lipinski definition) is 0. The molecule has 1 saturated carbocycles. The fourth-order valence-electron chi connectivity index (χ4n) is 5.18. The molecule has 0 spiro atoms. The maximum absolute atomic E-state index is 13.5. The Morgan fingerprint density at radius 1 is 1.05 bits per heavy atom. The van der Waals surface area contributed by atoms with E-state index in [4.69, 9.17) is 14.2 Å². The Bertz CT molecular complexity index is 1340. The Hall–Kier alpha value is -3.18. The molecule has 7 nitrogen and oxygen atoms in total. The summed E-state index contributed by atoms with van der Waals surface area (Å²) in [6, 6.07) is 12.0. The van der Waals surface area contributed by atoms with Crippen molar-refractivity contribution in [3.8, 4) is 28.4 Å². The number of carbonyl (C=O) groups excluding carboxylic acids is 1. The van der Waals surface area contributed by atoms with E-state index in [-0.39, 0.29) is 30.5 Å². The highest BCUT2D eigenvalue weighted by molar-refractivity contribution is 6.76. The maximum Gasteiger partial charge on any atom is 0.434 e. The zero-order valence-electron chi connectivity index (χ0n) is 26.2. The lowest BCUT2D eigenvalue weighted by molar-refractivity contribution is -0.145. The predicted molar refractivity (Wildman–Crippen MR) is 167 cm³/mol. The number of alkyl halides is 3. The van der Waals surface area contributed by atoms with Crippen LogP contribution in [0.5, 0.6) is 5.75 Å². The Morgan fingerprint density at radius 2 is 1.80 bits per heavy atom. The van der Waals surface area contributed by atoms with Crippen LogP contribution in [0.1, 0.15) is 57.6 Å². The smallest absolute Gasteiger partial charge is 0.434 e. The third kappa shape index (κ3) is 10.2. The van der Waals surface area contributed by atoms with Crippen molar-refractivity contribution in [1.82, 2.24) is 14.5 Å². The first-order valence-corrected chi connectivity index (χ1v) is 19.2. The quantitative estimate of drug-likeness (QED) is 0.101. The van der Waals surface area contributed by atoms with Gasteiger partial charge in [0.05, 0.1) is 18.4 Å². The second-order valence-corrected chi connectivity index (χ2v) is 18.4. The maximum atomic E-state index is 13.5. The van der Waals surface area contributed by atoms with Gasteiger partial charge >= 0.3 is 12.1 Å².